The number of benzene rings is 3. The number of aromatic amines is 2. The molecule has 0 aliphatic rings. The van der Waals surface area contributed by atoms with E-state index in [-0.39, 0.29) is 11.5 Å². The lowest BCUT2D eigenvalue weighted by molar-refractivity contribution is 0.203. The fourth-order valence-corrected chi connectivity index (χ4v) is 4.00. The zero-order valence-electron chi connectivity index (χ0n) is 18.1. The van der Waals surface area contributed by atoms with Gasteiger partial charge in [0.15, 0.2) is 0 Å². The van der Waals surface area contributed by atoms with Crippen molar-refractivity contribution in [1.29, 1.82) is 0 Å². The first kappa shape index (κ1) is 20.4. The molecule has 0 saturated carbocycles. The number of anilines is 1. The van der Waals surface area contributed by atoms with Crippen molar-refractivity contribution >= 4 is 33.8 Å². The Hall–Kier alpha value is -4.46. The van der Waals surface area contributed by atoms with Crippen molar-refractivity contribution in [2.75, 3.05) is 11.9 Å². The Bertz CT molecular complexity index is 1580. The van der Waals surface area contributed by atoms with Gasteiger partial charge in [-0.05, 0) is 47.4 Å². The maximum absolute atomic E-state index is 12.1. The average Bonchev–Trinajstić information content (AvgIpc) is 3.25. The summed E-state index contributed by atoms with van der Waals surface area (Å²) in [5.74, 6) is 0.274. The summed E-state index contributed by atoms with van der Waals surface area (Å²) in [4.78, 5) is 31.8. The second kappa shape index (κ2) is 7.90. The number of carboxylic acid groups (broad SMARTS) is 1. The molecule has 8 nitrogen and oxygen atoms in total. The topological polar surface area (TPSA) is 115 Å². The summed E-state index contributed by atoms with van der Waals surface area (Å²) in [7, 11) is 1.45. The fourth-order valence-electron chi connectivity index (χ4n) is 4.00. The van der Waals surface area contributed by atoms with E-state index in [1.807, 2.05) is 43.3 Å². The Morgan fingerprint density at radius 1 is 1.06 bits per heavy atom. The molecule has 5 aromatic rings. The lowest BCUT2D eigenvalue weighted by atomic mass is 9.95. The van der Waals surface area contributed by atoms with Crippen molar-refractivity contribution in [1.82, 2.24) is 20.2 Å². The van der Waals surface area contributed by atoms with Crippen LogP contribution in [0.25, 0.3) is 32.9 Å². The van der Waals surface area contributed by atoms with Crippen molar-refractivity contribution in [3.05, 3.63) is 87.8 Å². The van der Waals surface area contributed by atoms with Crippen LogP contribution in [0, 0.1) is 6.92 Å². The van der Waals surface area contributed by atoms with Crippen LogP contribution in [0.4, 0.5) is 10.7 Å². The number of hydrogen-bond acceptors (Lipinski definition) is 4. The summed E-state index contributed by atoms with van der Waals surface area (Å²) >= 11 is 0. The molecule has 2 heterocycles. The number of aryl methyl sites for hydroxylation is 1. The largest absolute Gasteiger partial charge is 0.465 e. The fraction of sp³-hybridized carbons (Fsp3) is 0.120. The minimum absolute atomic E-state index is 0.195. The van der Waals surface area contributed by atoms with E-state index in [1.165, 1.54) is 7.05 Å². The molecule has 0 bridgehead atoms. The van der Waals surface area contributed by atoms with E-state index in [0.29, 0.717) is 17.3 Å². The van der Waals surface area contributed by atoms with Gasteiger partial charge in [0.1, 0.15) is 0 Å². The van der Waals surface area contributed by atoms with Gasteiger partial charge in [-0.15, -0.1) is 0 Å². The Balaban J connectivity index is 1.53. The quantitative estimate of drug-likeness (QED) is 0.382. The molecule has 1 amide bonds. The van der Waals surface area contributed by atoms with Crippen molar-refractivity contribution in [3.63, 3.8) is 0 Å². The van der Waals surface area contributed by atoms with E-state index in [9.17, 15) is 14.7 Å². The highest BCUT2D eigenvalue weighted by molar-refractivity contribution is 5.89. The predicted molar refractivity (Wildman–Crippen MR) is 128 cm³/mol. The smallest absolute Gasteiger partial charge is 0.413 e. The minimum atomic E-state index is -1.08. The summed E-state index contributed by atoms with van der Waals surface area (Å²) < 4.78 is 0. The van der Waals surface area contributed by atoms with Crippen molar-refractivity contribution in [2.45, 2.75) is 13.3 Å². The number of amides is 1. The predicted octanol–water partition coefficient (Wildman–Crippen LogP) is 4.48. The van der Waals surface area contributed by atoms with E-state index in [2.05, 4.69) is 38.4 Å². The van der Waals surface area contributed by atoms with Crippen LogP contribution in [0.3, 0.4) is 0 Å². The molecular weight excluding hydrogens is 418 g/mol. The van der Waals surface area contributed by atoms with Gasteiger partial charge in [-0.3, -0.25) is 9.69 Å². The highest BCUT2D eigenvalue weighted by Crippen LogP contribution is 2.29. The second-order valence-electron chi connectivity index (χ2n) is 8.00. The van der Waals surface area contributed by atoms with Crippen LogP contribution >= 0.6 is 0 Å². The molecule has 0 atom stereocenters. The average molecular weight is 439 g/mol. The molecular formula is C25H21N5O3. The molecule has 0 aliphatic heterocycles. The number of aromatic nitrogens is 4. The summed E-state index contributed by atoms with van der Waals surface area (Å²) in [5.41, 5.74) is 6.30. The summed E-state index contributed by atoms with van der Waals surface area (Å²) in [6.07, 6.45) is -0.508. The number of imidazole rings is 1. The molecule has 2 aromatic heterocycles. The molecule has 0 saturated heterocycles. The number of rotatable bonds is 4. The number of hydrogen-bond donors (Lipinski definition) is 3. The molecule has 0 unspecified atom stereocenters. The van der Waals surface area contributed by atoms with Crippen LogP contribution in [-0.4, -0.2) is 38.4 Å². The van der Waals surface area contributed by atoms with Gasteiger partial charge in [-0.25, -0.2) is 14.9 Å². The third-order valence-corrected chi connectivity index (χ3v) is 5.83. The number of carbonyl (C=O) groups is 1. The zero-order chi connectivity index (χ0) is 23.1. The van der Waals surface area contributed by atoms with Crippen LogP contribution in [-0.2, 0) is 6.42 Å². The first-order chi connectivity index (χ1) is 15.9. The molecule has 3 N–H and O–H groups in total. The Morgan fingerprint density at radius 2 is 1.85 bits per heavy atom. The van der Waals surface area contributed by atoms with E-state index in [0.717, 1.165) is 43.8 Å². The standard InChI is InChI=1S/C25H21N5O3/c1-14-7-8-15(12-21-17-5-3-4-6-18(17)23(31)29-28-21)11-19(14)16-9-10-20-22(13-16)27-24(26-20)30(2)25(32)33/h3-11,13H,12H2,1-2H3,(H,26,27)(H,29,31)(H,32,33). The van der Waals surface area contributed by atoms with E-state index >= 15 is 0 Å². The van der Waals surface area contributed by atoms with Crippen molar-refractivity contribution in [2.24, 2.45) is 0 Å². The first-order valence-electron chi connectivity index (χ1n) is 10.4. The van der Waals surface area contributed by atoms with Gasteiger partial charge in [0.05, 0.1) is 22.1 Å². The second-order valence-corrected chi connectivity index (χ2v) is 8.00. The molecule has 3 aromatic carbocycles. The van der Waals surface area contributed by atoms with Gasteiger partial charge < -0.3 is 10.1 Å². The third-order valence-electron chi connectivity index (χ3n) is 5.83. The summed E-state index contributed by atoms with van der Waals surface area (Å²) in [5, 5.41) is 17.6. The molecule has 5 rings (SSSR count). The number of nitrogens with one attached hydrogen (secondary N) is 2. The van der Waals surface area contributed by atoms with Crippen LogP contribution in [0.15, 0.2) is 65.5 Å². The number of fused-ring (bicyclic) bond motifs is 2. The molecule has 0 fully saturated rings. The van der Waals surface area contributed by atoms with Gasteiger partial charge in [0.25, 0.3) is 5.56 Å². The Labute approximate surface area is 188 Å². The molecule has 33 heavy (non-hydrogen) atoms. The monoisotopic (exact) mass is 439 g/mol. The zero-order valence-corrected chi connectivity index (χ0v) is 18.1. The Kier molecular flexibility index (Phi) is 4.90. The maximum atomic E-state index is 12.1. The summed E-state index contributed by atoms with van der Waals surface area (Å²) in [6, 6.07) is 19.6. The van der Waals surface area contributed by atoms with Gasteiger partial charge in [0, 0.05) is 18.9 Å². The highest BCUT2D eigenvalue weighted by Gasteiger charge is 2.14. The lowest BCUT2D eigenvalue weighted by Gasteiger charge is -2.10. The lowest BCUT2D eigenvalue weighted by Crippen LogP contribution is -2.24. The van der Waals surface area contributed by atoms with Crippen LogP contribution in [0.5, 0.6) is 0 Å². The number of H-pyrrole nitrogens is 2. The van der Waals surface area contributed by atoms with E-state index in [4.69, 9.17) is 0 Å². The van der Waals surface area contributed by atoms with Crippen molar-refractivity contribution in [3.8, 4) is 11.1 Å². The number of nitrogens with zero attached hydrogens (tertiary/aromatic N) is 3. The normalized spacial score (nSPS) is 11.2. The molecule has 0 spiro atoms. The minimum Gasteiger partial charge on any atom is -0.465 e. The van der Waals surface area contributed by atoms with E-state index in [1.54, 1.807) is 6.07 Å². The maximum Gasteiger partial charge on any atom is 0.413 e. The molecule has 0 radical (unpaired) electrons. The third kappa shape index (κ3) is 3.71. The first-order valence-corrected chi connectivity index (χ1v) is 10.4. The molecule has 164 valence electrons. The van der Waals surface area contributed by atoms with Gasteiger partial charge >= 0.3 is 6.09 Å². The SMILES string of the molecule is Cc1ccc(Cc2n[nH]c(=O)c3ccccc23)cc1-c1ccc2nc(N(C)C(=O)O)[nH]c2c1. The molecule has 0 aliphatic carbocycles. The van der Waals surface area contributed by atoms with Gasteiger partial charge in [-0.1, -0.05) is 42.5 Å². The molecule has 8 heteroatoms. The van der Waals surface area contributed by atoms with Crippen molar-refractivity contribution < 1.29 is 9.90 Å². The van der Waals surface area contributed by atoms with Gasteiger partial charge in [-0.2, -0.15) is 5.10 Å². The van der Waals surface area contributed by atoms with Crippen LogP contribution in [0.2, 0.25) is 0 Å². The highest BCUT2D eigenvalue weighted by atomic mass is 16.4. The van der Waals surface area contributed by atoms with Crippen LogP contribution in [0.1, 0.15) is 16.8 Å². The van der Waals surface area contributed by atoms with Crippen LogP contribution < -0.4 is 10.5 Å². The van der Waals surface area contributed by atoms with E-state index < -0.39 is 6.09 Å². The van der Waals surface area contributed by atoms with Gasteiger partial charge in [0.2, 0.25) is 5.95 Å². The summed E-state index contributed by atoms with van der Waals surface area (Å²) in [6.45, 7) is 2.05. The Morgan fingerprint density at radius 3 is 2.64 bits per heavy atom.